The molecule has 0 N–H and O–H groups in total. The van der Waals surface area contributed by atoms with Crippen LogP contribution >= 0.6 is 0 Å². The average molecular weight is 593 g/mol. The topological polar surface area (TPSA) is 0 Å². The molecule has 0 spiro atoms. The van der Waals surface area contributed by atoms with Gasteiger partial charge in [0.25, 0.3) is 0 Å². The van der Waals surface area contributed by atoms with Gasteiger partial charge >= 0.3 is 0 Å². The molecule has 0 nitrogen and oxygen atoms in total. The molecular formula is C40H56Si2. The molecule has 224 valence electrons. The van der Waals surface area contributed by atoms with Crippen molar-refractivity contribution in [1.29, 1.82) is 0 Å². The van der Waals surface area contributed by atoms with Gasteiger partial charge in [0.2, 0.25) is 0 Å². The first kappa shape index (κ1) is 32.5. The van der Waals surface area contributed by atoms with Gasteiger partial charge in [-0.15, -0.1) is 0 Å². The SMILES string of the molecule is CC1=CC(C)([Si](c2cc(C)cc(C)c2)(c2cc(C(C)(C)C)cc(C(C)(C)C)c2)c2cccc([Si](C)(C)C)c2)C(C)=C1C. The second-order valence-corrected chi connectivity index (χ2v) is 25.9. The van der Waals surface area contributed by atoms with Crippen LogP contribution in [0.1, 0.15) is 91.5 Å². The highest BCUT2D eigenvalue weighted by Crippen LogP contribution is 2.53. The summed E-state index contributed by atoms with van der Waals surface area (Å²) in [5, 5.41) is 6.03. The highest BCUT2D eigenvalue weighted by atomic mass is 28.3. The summed E-state index contributed by atoms with van der Waals surface area (Å²) < 4.78 is 0. The Morgan fingerprint density at radius 3 is 1.48 bits per heavy atom. The first-order chi connectivity index (χ1) is 19.1. The molecule has 3 aromatic carbocycles. The molecule has 3 aromatic rings. The van der Waals surface area contributed by atoms with Gasteiger partial charge in [-0.25, -0.2) is 0 Å². The van der Waals surface area contributed by atoms with E-state index in [1.807, 2.05) is 0 Å². The zero-order valence-electron chi connectivity index (χ0n) is 29.4. The lowest BCUT2D eigenvalue weighted by molar-refractivity contribution is 0.569. The van der Waals surface area contributed by atoms with Crippen molar-refractivity contribution in [2.24, 2.45) is 0 Å². The van der Waals surface area contributed by atoms with Gasteiger partial charge in [-0.1, -0.05) is 162 Å². The van der Waals surface area contributed by atoms with Crippen LogP contribution in [-0.2, 0) is 10.8 Å². The molecule has 1 aliphatic carbocycles. The maximum Gasteiger partial charge on any atom is 0.161 e. The van der Waals surface area contributed by atoms with Crippen LogP contribution in [0.25, 0.3) is 0 Å². The number of rotatable bonds is 5. The number of aryl methyl sites for hydroxylation is 2. The molecule has 0 heterocycles. The molecule has 2 heteroatoms. The third-order valence-corrected chi connectivity index (χ3v) is 17.7. The molecule has 0 aromatic heterocycles. The third kappa shape index (κ3) is 5.50. The zero-order chi connectivity index (χ0) is 31.6. The lowest BCUT2D eigenvalue weighted by atomic mass is 9.81. The van der Waals surface area contributed by atoms with Crippen LogP contribution < -0.4 is 20.7 Å². The molecule has 4 rings (SSSR count). The summed E-state index contributed by atoms with van der Waals surface area (Å²) in [5.74, 6) is 0. The Bertz CT molecular complexity index is 1530. The van der Waals surface area contributed by atoms with E-state index in [-0.39, 0.29) is 15.9 Å². The van der Waals surface area contributed by atoms with Gasteiger partial charge in [0.15, 0.2) is 8.07 Å². The van der Waals surface area contributed by atoms with Gasteiger partial charge < -0.3 is 0 Å². The van der Waals surface area contributed by atoms with Crippen molar-refractivity contribution in [3.8, 4) is 0 Å². The fourth-order valence-electron chi connectivity index (χ4n) is 7.24. The van der Waals surface area contributed by atoms with Gasteiger partial charge in [0.05, 0.1) is 8.07 Å². The van der Waals surface area contributed by atoms with E-state index in [1.54, 1.807) is 10.4 Å². The summed E-state index contributed by atoms with van der Waals surface area (Å²) in [7, 11) is -4.33. The average Bonchev–Trinajstić information content (AvgIpc) is 3.05. The van der Waals surface area contributed by atoms with Crippen molar-refractivity contribution in [3.05, 3.63) is 106 Å². The Morgan fingerprint density at radius 2 is 1.05 bits per heavy atom. The molecule has 2 atom stereocenters. The second kappa shape index (κ2) is 10.6. The molecule has 0 amide bonds. The Morgan fingerprint density at radius 1 is 0.571 bits per heavy atom. The van der Waals surface area contributed by atoms with Gasteiger partial charge in [-0.2, -0.15) is 0 Å². The molecule has 0 bridgehead atoms. The van der Waals surface area contributed by atoms with Crippen LogP contribution in [0, 0.1) is 13.8 Å². The molecule has 1 aliphatic rings. The monoisotopic (exact) mass is 592 g/mol. The normalized spacial score (nSPS) is 19.6. The summed E-state index contributed by atoms with van der Waals surface area (Å²) in [5.41, 5.74) is 10.1. The molecule has 0 aliphatic heterocycles. The van der Waals surface area contributed by atoms with Crippen LogP contribution in [-0.4, -0.2) is 16.1 Å². The summed E-state index contributed by atoms with van der Waals surface area (Å²) in [6.45, 7) is 36.0. The lowest BCUT2D eigenvalue weighted by Crippen LogP contribution is -2.73. The highest BCUT2D eigenvalue weighted by molar-refractivity contribution is 7.14. The van der Waals surface area contributed by atoms with E-state index in [9.17, 15) is 0 Å². The van der Waals surface area contributed by atoms with Crippen molar-refractivity contribution < 1.29 is 0 Å². The molecule has 0 saturated heterocycles. The summed E-state index contributed by atoms with van der Waals surface area (Å²) in [4.78, 5) is 0. The fraction of sp³-hybridized carbons (Fsp3) is 0.450. The first-order valence-electron chi connectivity index (χ1n) is 15.9. The predicted molar refractivity (Wildman–Crippen MR) is 194 cm³/mol. The summed E-state index contributed by atoms with van der Waals surface area (Å²) >= 11 is 0. The van der Waals surface area contributed by atoms with Crippen LogP contribution in [0.2, 0.25) is 24.7 Å². The molecule has 0 radical (unpaired) electrons. The van der Waals surface area contributed by atoms with Crippen molar-refractivity contribution in [3.63, 3.8) is 0 Å². The van der Waals surface area contributed by atoms with Crippen LogP contribution in [0.15, 0.2) is 83.5 Å². The number of benzene rings is 3. The van der Waals surface area contributed by atoms with Gasteiger partial charge in [-0.05, 0) is 77.7 Å². The van der Waals surface area contributed by atoms with Crippen molar-refractivity contribution in [2.75, 3.05) is 0 Å². The zero-order valence-corrected chi connectivity index (χ0v) is 31.4. The molecule has 2 unspecified atom stereocenters. The molecule has 0 saturated carbocycles. The summed E-state index contributed by atoms with van der Waals surface area (Å²) in [6, 6.07) is 25.1. The first-order valence-corrected chi connectivity index (χ1v) is 21.4. The number of allylic oxidation sites excluding steroid dienone is 4. The minimum atomic E-state index is -2.77. The highest BCUT2D eigenvalue weighted by Gasteiger charge is 2.56. The lowest BCUT2D eigenvalue weighted by Gasteiger charge is -2.48. The van der Waals surface area contributed by atoms with E-state index in [1.165, 1.54) is 49.3 Å². The Kier molecular flexibility index (Phi) is 8.22. The van der Waals surface area contributed by atoms with E-state index in [0.29, 0.717) is 0 Å². The largest absolute Gasteiger partial charge is 0.161 e. The number of hydrogen-bond acceptors (Lipinski definition) is 0. The Balaban J connectivity index is 2.36. The number of hydrogen-bond donors (Lipinski definition) is 0. The van der Waals surface area contributed by atoms with Gasteiger partial charge in [0.1, 0.15) is 0 Å². The maximum absolute atomic E-state index is 2.77. The predicted octanol–water partition coefficient (Wildman–Crippen LogP) is 8.97. The van der Waals surface area contributed by atoms with Gasteiger partial charge in [-0.3, -0.25) is 0 Å². The van der Waals surface area contributed by atoms with E-state index >= 15 is 0 Å². The van der Waals surface area contributed by atoms with Crippen molar-refractivity contribution in [1.82, 2.24) is 0 Å². The van der Waals surface area contributed by atoms with E-state index in [4.69, 9.17) is 0 Å². The standard InChI is InChI=1S/C40H56Si2/c1-27-19-28(2)21-36(20-27)42(40(12)26-29(3)30(4)31(40)5,35-18-16-17-34(25-35)41(13,14)15)37-23-32(38(6,7)8)22-33(24-37)39(9,10)11/h16-26H,1-15H3. The van der Waals surface area contributed by atoms with E-state index in [2.05, 4.69) is 169 Å². The quantitative estimate of drug-likeness (QED) is 0.205. The Hall–Kier alpha value is -2.43. The van der Waals surface area contributed by atoms with E-state index < -0.39 is 16.1 Å². The van der Waals surface area contributed by atoms with Crippen LogP contribution in [0.3, 0.4) is 0 Å². The molecule has 42 heavy (non-hydrogen) atoms. The van der Waals surface area contributed by atoms with Crippen molar-refractivity contribution in [2.45, 2.75) is 119 Å². The van der Waals surface area contributed by atoms with Crippen LogP contribution in [0.5, 0.6) is 0 Å². The maximum atomic E-state index is 2.66. The fourth-order valence-corrected chi connectivity index (χ4v) is 14.9. The van der Waals surface area contributed by atoms with E-state index in [0.717, 1.165) is 0 Å². The van der Waals surface area contributed by atoms with Crippen LogP contribution in [0.4, 0.5) is 0 Å². The molecular weight excluding hydrogens is 537 g/mol. The minimum absolute atomic E-state index is 0.0436. The smallest absolute Gasteiger partial charge is 0.0730 e. The van der Waals surface area contributed by atoms with Crippen molar-refractivity contribution >= 4 is 36.9 Å². The summed E-state index contributed by atoms with van der Waals surface area (Å²) in [6.07, 6.45) is 2.66. The molecule has 0 fully saturated rings. The Labute approximate surface area is 260 Å². The third-order valence-electron chi connectivity index (χ3n) is 10.1. The van der Waals surface area contributed by atoms with Gasteiger partial charge in [0, 0.05) is 5.04 Å². The minimum Gasteiger partial charge on any atom is -0.0730 e. The second-order valence-electron chi connectivity index (χ2n) is 16.5.